The highest BCUT2D eigenvalue weighted by molar-refractivity contribution is 6.14. The molecule has 0 aliphatic carbocycles. The fourth-order valence-electron chi connectivity index (χ4n) is 3.26. The van der Waals surface area contributed by atoms with Gasteiger partial charge in [-0.3, -0.25) is 4.79 Å². The van der Waals surface area contributed by atoms with E-state index in [0.29, 0.717) is 29.2 Å². The Kier molecular flexibility index (Phi) is 4.61. The van der Waals surface area contributed by atoms with Crippen molar-refractivity contribution in [2.75, 3.05) is 6.61 Å². The topological polar surface area (TPSA) is 82.0 Å². The van der Waals surface area contributed by atoms with Gasteiger partial charge in [-0.25, -0.2) is 9.67 Å². The molecule has 30 heavy (non-hydrogen) atoms. The molecule has 0 unspecified atom stereocenters. The minimum Gasteiger partial charge on any atom is -0.489 e. The van der Waals surface area contributed by atoms with Crippen LogP contribution >= 0.6 is 0 Å². The van der Waals surface area contributed by atoms with E-state index in [9.17, 15) is 4.79 Å². The average Bonchev–Trinajstić information content (AvgIpc) is 3.47. The Balaban J connectivity index is 1.28. The number of para-hydroxylation sites is 1. The van der Waals surface area contributed by atoms with E-state index in [1.807, 2.05) is 36.5 Å². The maximum atomic E-state index is 12.7. The Labute approximate surface area is 172 Å². The third-order valence-electron chi connectivity index (χ3n) is 4.78. The van der Waals surface area contributed by atoms with Gasteiger partial charge in [-0.2, -0.15) is 5.10 Å². The van der Waals surface area contributed by atoms with E-state index in [0.717, 1.165) is 16.9 Å². The molecule has 4 aromatic rings. The number of aromatic nitrogens is 4. The van der Waals surface area contributed by atoms with E-state index in [-0.39, 0.29) is 12.4 Å². The van der Waals surface area contributed by atoms with E-state index in [1.165, 1.54) is 0 Å². The van der Waals surface area contributed by atoms with Crippen molar-refractivity contribution < 1.29 is 14.3 Å². The summed E-state index contributed by atoms with van der Waals surface area (Å²) in [5.74, 6) is 1.11. The maximum absolute atomic E-state index is 12.7. The Bertz CT molecular complexity index is 1210. The Morgan fingerprint density at radius 2 is 2.07 bits per heavy atom. The molecular formula is C23H18N4O3. The molecule has 0 bridgehead atoms. The quantitative estimate of drug-likeness (QED) is 0.517. The van der Waals surface area contributed by atoms with Crippen molar-refractivity contribution in [1.82, 2.24) is 19.7 Å². The normalized spacial score (nSPS) is 14.4. The van der Waals surface area contributed by atoms with Crippen molar-refractivity contribution >= 4 is 11.9 Å². The molecule has 0 saturated heterocycles. The van der Waals surface area contributed by atoms with E-state index in [4.69, 9.17) is 9.47 Å². The first-order chi connectivity index (χ1) is 14.8. The summed E-state index contributed by atoms with van der Waals surface area (Å²) in [4.78, 5) is 19.7. The minimum absolute atomic E-state index is 0.0541. The van der Waals surface area contributed by atoms with Crippen LogP contribution in [0, 0.1) is 0 Å². The Morgan fingerprint density at radius 1 is 1.17 bits per heavy atom. The van der Waals surface area contributed by atoms with E-state index in [2.05, 4.69) is 15.1 Å². The Hall–Kier alpha value is -4.13. The van der Waals surface area contributed by atoms with Gasteiger partial charge < -0.3 is 14.5 Å². The number of fused-ring (bicyclic) bond motifs is 1. The van der Waals surface area contributed by atoms with Crippen molar-refractivity contribution in [1.29, 1.82) is 0 Å². The number of hydrogen-bond donors (Lipinski definition) is 1. The van der Waals surface area contributed by atoms with Crippen molar-refractivity contribution in [3.63, 3.8) is 0 Å². The predicted octanol–water partition coefficient (Wildman–Crippen LogP) is 3.83. The zero-order valence-electron chi connectivity index (χ0n) is 16.0. The van der Waals surface area contributed by atoms with Crippen LogP contribution < -0.4 is 9.47 Å². The first kappa shape index (κ1) is 17.9. The van der Waals surface area contributed by atoms with Gasteiger partial charge >= 0.3 is 0 Å². The van der Waals surface area contributed by atoms with Crippen LogP contribution in [0.4, 0.5) is 0 Å². The van der Waals surface area contributed by atoms with E-state index < -0.39 is 0 Å². The fraction of sp³-hybridized carbons (Fsp3) is 0.0870. The minimum atomic E-state index is -0.0541. The number of imidazole rings is 1. The number of hydrogen-bond acceptors (Lipinski definition) is 5. The molecule has 148 valence electrons. The van der Waals surface area contributed by atoms with Crippen molar-refractivity contribution in [2.45, 2.75) is 6.61 Å². The number of ketones is 1. The van der Waals surface area contributed by atoms with Gasteiger partial charge in [0.05, 0.1) is 35.7 Å². The van der Waals surface area contributed by atoms with Crippen LogP contribution in [0.15, 0.2) is 79.0 Å². The maximum Gasteiger partial charge on any atom is 0.196 e. The zero-order valence-corrected chi connectivity index (χ0v) is 16.0. The van der Waals surface area contributed by atoms with Crippen LogP contribution in [-0.4, -0.2) is 32.1 Å². The first-order valence-electron chi connectivity index (χ1n) is 9.48. The lowest BCUT2D eigenvalue weighted by molar-refractivity contribution is 0.100. The Morgan fingerprint density at radius 3 is 2.90 bits per heavy atom. The molecule has 1 aliphatic rings. The number of benzene rings is 2. The molecule has 0 radical (unpaired) electrons. The van der Waals surface area contributed by atoms with Crippen LogP contribution in [-0.2, 0) is 6.61 Å². The van der Waals surface area contributed by atoms with Crippen LogP contribution in [0.2, 0.25) is 0 Å². The fourth-order valence-corrected chi connectivity index (χ4v) is 3.26. The standard InChI is InChI=1S/C23H18N4O3/c28-23-17(8-18-11-24-15-25-18)14-30-22-9-20(6-7-21(22)23)29-13-16-10-26-27(12-16)19-4-2-1-3-5-19/h1-12,15H,13-14H2,(H,24,25)/b17-8+. The molecule has 0 fully saturated rings. The molecule has 7 nitrogen and oxygen atoms in total. The molecule has 0 spiro atoms. The summed E-state index contributed by atoms with van der Waals surface area (Å²) in [5.41, 5.74) is 3.80. The highest BCUT2D eigenvalue weighted by Crippen LogP contribution is 2.31. The average molecular weight is 398 g/mol. The molecule has 3 heterocycles. The molecule has 0 atom stereocenters. The van der Waals surface area contributed by atoms with Gasteiger partial charge in [-0.15, -0.1) is 0 Å². The monoisotopic (exact) mass is 398 g/mol. The number of carbonyl (C=O) groups is 1. The number of ether oxygens (including phenoxy) is 2. The molecular weight excluding hydrogens is 380 g/mol. The number of H-pyrrole nitrogens is 1. The summed E-state index contributed by atoms with van der Waals surface area (Å²) >= 11 is 0. The SMILES string of the molecule is O=C1/C(=C/c2cnc[nH]2)COc2cc(OCc3cnn(-c4ccccc4)c3)ccc21. The van der Waals surface area contributed by atoms with Gasteiger partial charge in [-0.05, 0) is 30.3 Å². The highest BCUT2D eigenvalue weighted by Gasteiger charge is 2.24. The second kappa shape index (κ2) is 7.71. The first-order valence-corrected chi connectivity index (χ1v) is 9.48. The number of nitrogens with one attached hydrogen (secondary N) is 1. The summed E-state index contributed by atoms with van der Waals surface area (Å²) < 4.78 is 13.5. The van der Waals surface area contributed by atoms with Crippen LogP contribution in [0.5, 0.6) is 11.5 Å². The number of aromatic amines is 1. The molecule has 2 aromatic carbocycles. The number of nitrogens with zero attached hydrogens (tertiary/aromatic N) is 3. The van der Waals surface area contributed by atoms with E-state index in [1.54, 1.807) is 47.7 Å². The van der Waals surface area contributed by atoms with Gasteiger partial charge in [0.15, 0.2) is 5.78 Å². The lowest BCUT2D eigenvalue weighted by Gasteiger charge is -2.19. The highest BCUT2D eigenvalue weighted by atomic mass is 16.5. The third-order valence-corrected chi connectivity index (χ3v) is 4.78. The molecule has 0 saturated carbocycles. The van der Waals surface area contributed by atoms with Crippen LogP contribution in [0.25, 0.3) is 11.8 Å². The summed E-state index contributed by atoms with van der Waals surface area (Å²) in [7, 11) is 0. The molecule has 1 aliphatic heterocycles. The molecule has 7 heteroatoms. The van der Waals surface area contributed by atoms with E-state index >= 15 is 0 Å². The largest absolute Gasteiger partial charge is 0.489 e. The van der Waals surface area contributed by atoms with Gasteiger partial charge in [-0.1, -0.05) is 18.2 Å². The van der Waals surface area contributed by atoms with Gasteiger partial charge in [0.25, 0.3) is 0 Å². The summed E-state index contributed by atoms with van der Waals surface area (Å²) in [6.45, 7) is 0.572. The smallest absolute Gasteiger partial charge is 0.196 e. The second-order valence-electron chi connectivity index (χ2n) is 6.87. The summed E-state index contributed by atoms with van der Waals surface area (Å²) in [6.07, 6.45) is 8.69. The summed E-state index contributed by atoms with van der Waals surface area (Å²) in [5, 5.41) is 4.37. The number of rotatable bonds is 5. The third kappa shape index (κ3) is 3.60. The van der Waals surface area contributed by atoms with Crippen molar-refractivity contribution in [3.05, 3.63) is 95.8 Å². The molecule has 5 rings (SSSR count). The van der Waals surface area contributed by atoms with Gasteiger partial charge in [0, 0.05) is 23.4 Å². The molecule has 0 amide bonds. The molecule has 2 aromatic heterocycles. The predicted molar refractivity (Wildman–Crippen MR) is 111 cm³/mol. The number of Topliss-reactive ketones (excluding diaryl/α,β-unsaturated/α-hetero) is 1. The van der Waals surface area contributed by atoms with Crippen molar-refractivity contribution in [2.24, 2.45) is 0 Å². The van der Waals surface area contributed by atoms with Crippen LogP contribution in [0.1, 0.15) is 21.6 Å². The van der Waals surface area contributed by atoms with Crippen molar-refractivity contribution in [3.8, 4) is 17.2 Å². The summed E-state index contributed by atoms with van der Waals surface area (Å²) in [6, 6.07) is 15.2. The second-order valence-corrected chi connectivity index (χ2v) is 6.87. The lowest BCUT2D eigenvalue weighted by Crippen LogP contribution is -2.19. The molecule has 1 N–H and O–H groups in total. The van der Waals surface area contributed by atoms with Gasteiger partial charge in [0.1, 0.15) is 24.7 Å². The van der Waals surface area contributed by atoms with Gasteiger partial charge in [0.2, 0.25) is 0 Å². The lowest BCUT2D eigenvalue weighted by atomic mass is 9.99. The number of carbonyl (C=O) groups excluding carboxylic acids is 1. The van der Waals surface area contributed by atoms with Crippen LogP contribution in [0.3, 0.4) is 0 Å². The zero-order chi connectivity index (χ0) is 20.3.